The molecule has 0 aliphatic rings. The predicted octanol–water partition coefficient (Wildman–Crippen LogP) is 4.79. The van der Waals surface area contributed by atoms with Crippen LogP contribution in [0.5, 0.6) is 5.75 Å². The normalized spacial score (nSPS) is 9.59. The molecule has 1 heterocycles. The third kappa shape index (κ3) is 6.08. The van der Waals surface area contributed by atoms with Crippen LogP contribution in [0.25, 0.3) is 0 Å². The van der Waals surface area contributed by atoms with Gasteiger partial charge in [-0.25, -0.2) is 0 Å². The lowest BCUT2D eigenvalue weighted by Crippen LogP contribution is -2.14. The van der Waals surface area contributed by atoms with Crippen molar-refractivity contribution in [1.29, 1.82) is 0 Å². The van der Waals surface area contributed by atoms with Crippen molar-refractivity contribution in [3.05, 3.63) is 89.7 Å². The molecule has 0 aliphatic heterocycles. The number of carbonyl (C=O) groups is 2. The van der Waals surface area contributed by atoms with Gasteiger partial charge in [0.1, 0.15) is 5.75 Å². The van der Waals surface area contributed by atoms with Crippen molar-refractivity contribution >= 4 is 17.4 Å². The largest absolute Gasteiger partial charge is 0.496 e. The van der Waals surface area contributed by atoms with E-state index in [-0.39, 0.29) is 13.1 Å². The first kappa shape index (κ1) is 19.8. The molecule has 2 aromatic carbocycles. The fourth-order valence-corrected chi connectivity index (χ4v) is 2.27. The molecular weight excluding hydrogens is 340 g/mol. The smallest absolute Gasteiger partial charge is 0.259 e. The van der Waals surface area contributed by atoms with Gasteiger partial charge in [0.2, 0.25) is 0 Å². The summed E-state index contributed by atoms with van der Waals surface area (Å²) in [5, 5.41) is 2.71. The zero-order valence-electron chi connectivity index (χ0n) is 15.6. The van der Waals surface area contributed by atoms with Crippen LogP contribution in [0.15, 0.2) is 73.1 Å². The van der Waals surface area contributed by atoms with Crippen LogP contribution >= 0.6 is 0 Å². The van der Waals surface area contributed by atoms with Gasteiger partial charge in [-0.1, -0.05) is 35.9 Å². The highest BCUT2D eigenvalue weighted by atomic mass is 16.5. The summed E-state index contributed by atoms with van der Waals surface area (Å²) in [4.78, 5) is 27.6. The number of benzene rings is 2. The number of methoxy groups -OCH3 is 1. The van der Waals surface area contributed by atoms with E-state index in [4.69, 9.17) is 4.74 Å². The predicted molar refractivity (Wildman–Crippen MR) is 108 cm³/mol. The van der Waals surface area contributed by atoms with E-state index in [0.29, 0.717) is 22.6 Å². The number of aryl methyl sites for hydroxylation is 1. The number of rotatable bonds is 4. The SMILES string of the molecule is COc1ccc(C(C)=O)cc1C(=O)Nc1cccnc1.Cc1ccccc1.[HH]. The van der Waals surface area contributed by atoms with E-state index in [1.54, 1.807) is 36.7 Å². The summed E-state index contributed by atoms with van der Waals surface area (Å²) in [7, 11) is 1.48. The molecule has 1 aromatic heterocycles. The van der Waals surface area contributed by atoms with Gasteiger partial charge in [-0.15, -0.1) is 0 Å². The van der Waals surface area contributed by atoms with Gasteiger partial charge in [0.15, 0.2) is 5.78 Å². The molecule has 0 unspecified atom stereocenters. The molecule has 0 bridgehead atoms. The number of nitrogens with one attached hydrogen (secondary N) is 1. The number of ketones is 1. The molecule has 0 radical (unpaired) electrons. The third-order valence-corrected chi connectivity index (χ3v) is 3.71. The lowest BCUT2D eigenvalue weighted by molar-refractivity contribution is 0.101. The van der Waals surface area contributed by atoms with Crippen molar-refractivity contribution in [3.8, 4) is 5.75 Å². The fourth-order valence-electron chi connectivity index (χ4n) is 2.27. The minimum Gasteiger partial charge on any atom is -0.496 e. The Morgan fingerprint density at radius 3 is 2.30 bits per heavy atom. The molecule has 3 aromatic rings. The summed E-state index contributed by atoms with van der Waals surface area (Å²) in [5.74, 6) is -0.0441. The van der Waals surface area contributed by atoms with E-state index in [1.807, 2.05) is 18.2 Å². The summed E-state index contributed by atoms with van der Waals surface area (Å²) >= 11 is 0. The summed E-state index contributed by atoms with van der Waals surface area (Å²) in [6.07, 6.45) is 3.16. The number of pyridine rings is 1. The molecule has 0 atom stereocenters. The first-order valence-electron chi connectivity index (χ1n) is 8.43. The number of Topliss-reactive ketones (excluding diaryl/α,β-unsaturated/α-hetero) is 1. The second-order valence-corrected chi connectivity index (χ2v) is 5.82. The van der Waals surface area contributed by atoms with Gasteiger partial charge in [-0.05, 0) is 44.2 Å². The average molecular weight is 364 g/mol. The first-order chi connectivity index (χ1) is 13.0. The van der Waals surface area contributed by atoms with Gasteiger partial charge in [0.05, 0.1) is 24.6 Å². The highest BCUT2D eigenvalue weighted by molar-refractivity contribution is 6.08. The minimum absolute atomic E-state index is 0. The number of aromatic nitrogens is 1. The van der Waals surface area contributed by atoms with Gasteiger partial charge >= 0.3 is 0 Å². The molecule has 0 saturated heterocycles. The molecule has 27 heavy (non-hydrogen) atoms. The van der Waals surface area contributed by atoms with Crippen LogP contribution < -0.4 is 10.1 Å². The molecule has 1 N–H and O–H groups in total. The summed E-state index contributed by atoms with van der Waals surface area (Å²) in [6.45, 7) is 3.53. The first-order valence-corrected chi connectivity index (χ1v) is 8.43. The maximum absolute atomic E-state index is 12.2. The standard InChI is InChI=1S/C15H14N2O3.C7H8.H2/c1-10(18)11-5-6-14(20-2)13(8-11)15(19)17-12-4-3-7-16-9-12;1-7-5-3-2-4-6-7;/h3-9H,1-2H3,(H,17,19);2-6H,1H3;1H. The van der Waals surface area contributed by atoms with Crippen LogP contribution in [0.2, 0.25) is 0 Å². The Hall–Kier alpha value is -3.47. The van der Waals surface area contributed by atoms with Gasteiger partial charge in [-0.2, -0.15) is 0 Å². The maximum atomic E-state index is 12.2. The molecule has 3 rings (SSSR count). The number of amides is 1. The van der Waals surface area contributed by atoms with E-state index in [9.17, 15) is 9.59 Å². The van der Waals surface area contributed by atoms with Crippen molar-refractivity contribution in [2.45, 2.75) is 13.8 Å². The Balaban J connectivity index is 0.000000414. The zero-order chi connectivity index (χ0) is 19.6. The van der Waals surface area contributed by atoms with Gasteiger partial charge < -0.3 is 10.1 Å². The highest BCUT2D eigenvalue weighted by Crippen LogP contribution is 2.21. The second kappa shape index (κ2) is 9.87. The van der Waals surface area contributed by atoms with Crippen LogP contribution in [-0.2, 0) is 0 Å². The van der Waals surface area contributed by atoms with Crippen LogP contribution in [-0.4, -0.2) is 23.8 Å². The van der Waals surface area contributed by atoms with Crippen molar-refractivity contribution in [2.75, 3.05) is 12.4 Å². The van der Waals surface area contributed by atoms with Gasteiger partial charge in [0.25, 0.3) is 5.91 Å². The van der Waals surface area contributed by atoms with E-state index in [1.165, 1.54) is 25.7 Å². The monoisotopic (exact) mass is 364 g/mol. The topological polar surface area (TPSA) is 68.3 Å². The highest BCUT2D eigenvalue weighted by Gasteiger charge is 2.14. The molecular formula is C22H24N2O3. The number of hydrogen-bond acceptors (Lipinski definition) is 4. The summed E-state index contributed by atoms with van der Waals surface area (Å²) < 4.78 is 5.15. The second-order valence-electron chi connectivity index (χ2n) is 5.82. The number of carbonyl (C=O) groups excluding carboxylic acids is 2. The quantitative estimate of drug-likeness (QED) is 0.676. The van der Waals surface area contributed by atoms with Crippen LogP contribution in [0.3, 0.4) is 0 Å². The molecule has 0 saturated carbocycles. The van der Waals surface area contributed by atoms with E-state index in [2.05, 4.69) is 29.4 Å². The molecule has 1 amide bonds. The Labute approximate surface area is 160 Å². The number of nitrogens with zero attached hydrogens (tertiary/aromatic N) is 1. The van der Waals surface area contributed by atoms with Crippen molar-refractivity contribution in [1.82, 2.24) is 4.98 Å². The molecule has 0 spiro atoms. The lowest BCUT2D eigenvalue weighted by Gasteiger charge is -2.10. The van der Waals surface area contributed by atoms with Gasteiger partial charge in [-0.3, -0.25) is 14.6 Å². The number of ether oxygens (including phenoxy) is 1. The Bertz CT molecular complexity index is 900. The third-order valence-electron chi connectivity index (χ3n) is 3.71. The minimum atomic E-state index is -0.349. The molecule has 5 nitrogen and oxygen atoms in total. The Kier molecular flexibility index (Phi) is 7.26. The van der Waals surface area contributed by atoms with Crippen LogP contribution in [0, 0.1) is 6.92 Å². The summed E-state index contributed by atoms with van der Waals surface area (Å²) in [5.41, 5.74) is 2.67. The molecule has 0 fully saturated rings. The number of anilines is 1. The molecule has 5 heteroatoms. The van der Waals surface area contributed by atoms with E-state index < -0.39 is 0 Å². The van der Waals surface area contributed by atoms with Crippen LogP contribution in [0.1, 0.15) is 34.6 Å². The van der Waals surface area contributed by atoms with Gasteiger partial charge in [0, 0.05) is 13.2 Å². The fraction of sp³-hybridized carbons (Fsp3) is 0.136. The van der Waals surface area contributed by atoms with E-state index in [0.717, 1.165) is 0 Å². The number of hydrogen-bond donors (Lipinski definition) is 1. The lowest BCUT2D eigenvalue weighted by atomic mass is 10.1. The molecule has 140 valence electrons. The maximum Gasteiger partial charge on any atom is 0.259 e. The average Bonchev–Trinajstić information content (AvgIpc) is 2.69. The zero-order valence-corrected chi connectivity index (χ0v) is 15.6. The summed E-state index contributed by atoms with van der Waals surface area (Å²) in [6, 6.07) is 18.5. The van der Waals surface area contributed by atoms with Crippen molar-refractivity contribution in [2.24, 2.45) is 0 Å². The van der Waals surface area contributed by atoms with Crippen molar-refractivity contribution < 1.29 is 15.8 Å². The van der Waals surface area contributed by atoms with E-state index >= 15 is 0 Å². The Morgan fingerprint density at radius 1 is 1.04 bits per heavy atom. The van der Waals surface area contributed by atoms with Crippen LogP contribution in [0.4, 0.5) is 5.69 Å². The Morgan fingerprint density at radius 2 is 1.78 bits per heavy atom. The molecule has 0 aliphatic carbocycles. The van der Waals surface area contributed by atoms with Crippen molar-refractivity contribution in [3.63, 3.8) is 0 Å².